The first-order chi connectivity index (χ1) is 5.85. The van der Waals surface area contributed by atoms with E-state index in [9.17, 15) is 4.79 Å². The fraction of sp³-hybridized carbons (Fsp3) is 0.700. The first-order valence-electron chi connectivity index (χ1n) is 4.34. The van der Waals surface area contributed by atoms with Crippen molar-refractivity contribution in [1.29, 1.82) is 0 Å². The zero-order valence-electron chi connectivity index (χ0n) is 8.33. The average molecular weight is 184 g/mol. The Balaban J connectivity index is 2.92. The zero-order chi connectivity index (χ0) is 10.3. The molecule has 0 bridgehead atoms. The third kappa shape index (κ3) is 1.48. The van der Waals surface area contributed by atoms with E-state index in [1.807, 2.05) is 20.8 Å². The summed E-state index contributed by atoms with van der Waals surface area (Å²) in [6, 6.07) is 0. The minimum absolute atomic E-state index is 0.162. The molecule has 0 amide bonds. The van der Waals surface area contributed by atoms with Crippen LogP contribution in [0.5, 0.6) is 0 Å². The van der Waals surface area contributed by atoms with Crippen LogP contribution in [0.15, 0.2) is 12.7 Å². The molecule has 0 spiro atoms. The molecule has 1 N–H and O–H groups in total. The molecule has 74 valence electrons. The molecule has 3 nitrogen and oxygen atoms in total. The van der Waals surface area contributed by atoms with Gasteiger partial charge in [0, 0.05) is 0 Å². The van der Waals surface area contributed by atoms with Crippen LogP contribution in [-0.4, -0.2) is 23.3 Å². The molecular weight excluding hydrogens is 168 g/mol. The van der Waals surface area contributed by atoms with E-state index in [0.29, 0.717) is 6.61 Å². The normalized spacial score (nSPS) is 29.5. The van der Waals surface area contributed by atoms with Crippen molar-refractivity contribution in [2.24, 2.45) is 11.3 Å². The maximum absolute atomic E-state index is 10.9. The highest BCUT2D eigenvalue weighted by atomic mass is 16.6. The number of rotatable bonds is 3. The lowest BCUT2D eigenvalue weighted by atomic mass is 9.73. The Bertz CT molecular complexity index is 233. The molecule has 0 aliphatic carbocycles. The summed E-state index contributed by atoms with van der Waals surface area (Å²) in [6.45, 7) is 10.0. The van der Waals surface area contributed by atoms with E-state index < -0.39 is 17.5 Å². The van der Waals surface area contributed by atoms with Gasteiger partial charge < -0.3 is 9.84 Å². The molecule has 2 unspecified atom stereocenters. The van der Waals surface area contributed by atoms with E-state index in [1.165, 1.54) is 6.08 Å². The van der Waals surface area contributed by atoms with Crippen LogP contribution in [0.3, 0.4) is 0 Å². The lowest BCUT2D eigenvalue weighted by molar-refractivity contribution is -0.143. The van der Waals surface area contributed by atoms with Crippen molar-refractivity contribution in [1.82, 2.24) is 0 Å². The van der Waals surface area contributed by atoms with Crippen LogP contribution in [0.2, 0.25) is 0 Å². The number of carbonyl (C=O) groups is 1. The van der Waals surface area contributed by atoms with Crippen LogP contribution in [0.1, 0.15) is 20.8 Å². The van der Waals surface area contributed by atoms with Gasteiger partial charge in [0.2, 0.25) is 0 Å². The lowest BCUT2D eigenvalue weighted by Crippen LogP contribution is -2.41. The van der Waals surface area contributed by atoms with Gasteiger partial charge in [-0.1, -0.05) is 26.8 Å². The molecule has 1 rings (SSSR count). The molecule has 0 aromatic heterocycles. The summed E-state index contributed by atoms with van der Waals surface area (Å²) in [6.07, 6.45) is 1.46. The Morgan fingerprint density at radius 1 is 1.69 bits per heavy atom. The van der Waals surface area contributed by atoms with Crippen molar-refractivity contribution in [3.05, 3.63) is 12.7 Å². The van der Waals surface area contributed by atoms with Gasteiger partial charge in [0.15, 0.2) is 0 Å². The quantitative estimate of drug-likeness (QED) is 0.536. The van der Waals surface area contributed by atoms with Crippen molar-refractivity contribution >= 4 is 5.97 Å². The van der Waals surface area contributed by atoms with Gasteiger partial charge in [-0.3, -0.25) is 4.79 Å². The Morgan fingerprint density at radius 2 is 2.15 bits per heavy atom. The van der Waals surface area contributed by atoms with Gasteiger partial charge in [-0.15, -0.1) is 6.58 Å². The van der Waals surface area contributed by atoms with Crippen LogP contribution < -0.4 is 0 Å². The van der Waals surface area contributed by atoms with Crippen LogP contribution >= 0.6 is 0 Å². The molecule has 0 saturated carbocycles. The average Bonchev–Trinajstić information content (AvgIpc) is 2.67. The molecule has 0 aromatic rings. The zero-order valence-corrected chi connectivity index (χ0v) is 8.33. The Labute approximate surface area is 78.4 Å². The van der Waals surface area contributed by atoms with Gasteiger partial charge in [-0.25, -0.2) is 0 Å². The lowest BCUT2D eigenvalue weighted by Gasteiger charge is -2.30. The van der Waals surface area contributed by atoms with E-state index in [0.717, 1.165) is 0 Å². The SMILES string of the molecule is C=CC(C(=O)O)C1(C(C)(C)C)CO1. The molecule has 3 heteroatoms. The largest absolute Gasteiger partial charge is 0.481 e. The summed E-state index contributed by atoms with van der Waals surface area (Å²) in [4.78, 5) is 10.9. The number of ether oxygens (including phenoxy) is 1. The van der Waals surface area contributed by atoms with Crippen molar-refractivity contribution in [3.8, 4) is 0 Å². The first-order valence-corrected chi connectivity index (χ1v) is 4.34. The molecule has 13 heavy (non-hydrogen) atoms. The van der Waals surface area contributed by atoms with Crippen LogP contribution in [0.25, 0.3) is 0 Å². The molecular formula is C10H16O3. The second-order valence-corrected chi connectivity index (χ2v) is 4.48. The van der Waals surface area contributed by atoms with E-state index in [4.69, 9.17) is 9.84 Å². The monoisotopic (exact) mass is 184 g/mol. The van der Waals surface area contributed by atoms with E-state index in [2.05, 4.69) is 6.58 Å². The second-order valence-electron chi connectivity index (χ2n) is 4.48. The highest BCUT2D eigenvalue weighted by Crippen LogP contribution is 2.50. The van der Waals surface area contributed by atoms with E-state index >= 15 is 0 Å². The number of hydrogen-bond acceptors (Lipinski definition) is 2. The third-order valence-corrected chi connectivity index (χ3v) is 2.73. The molecule has 1 aliphatic rings. The van der Waals surface area contributed by atoms with E-state index in [-0.39, 0.29) is 5.41 Å². The van der Waals surface area contributed by atoms with Gasteiger partial charge >= 0.3 is 5.97 Å². The summed E-state index contributed by atoms with van der Waals surface area (Å²) in [5.74, 6) is -1.46. The topological polar surface area (TPSA) is 49.8 Å². The number of aliphatic carboxylic acids is 1. The number of epoxide rings is 1. The van der Waals surface area contributed by atoms with Crippen LogP contribution in [0.4, 0.5) is 0 Å². The van der Waals surface area contributed by atoms with Crippen molar-refractivity contribution < 1.29 is 14.6 Å². The Kier molecular flexibility index (Phi) is 2.24. The van der Waals surface area contributed by atoms with Crippen LogP contribution in [-0.2, 0) is 9.53 Å². The summed E-state index contributed by atoms with van der Waals surface area (Å²) >= 11 is 0. The Hall–Kier alpha value is -0.830. The highest BCUT2D eigenvalue weighted by molar-refractivity contribution is 5.74. The standard InChI is InChI=1S/C10H16O3/c1-5-7(8(11)12)10(6-13-10)9(2,3)4/h5,7H,1,6H2,2-4H3,(H,11,12). The number of hydrogen-bond donors (Lipinski definition) is 1. The van der Waals surface area contributed by atoms with Gasteiger partial charge in [-0.2, -0.15) is 0 Å². The maximum Gasteiger partial charge on any atom is 0.313 e. The second kappa shape index (κ2) is 2.84. The highest BCUT2D eigenvalue weighted by Gasteiger charge is 2.60. The van der Waals surface area contributed by atoms with Crippen molar-refractivity contribution in [3.63, 3.8) is 0 Å². The van der Waals surface area contributed by atoms with Gasteiger partial charge in [0.1, 0.15) is 11.5 Å². The smallest absolute Gasteiger partial charge is 0.313 e. The predicted octanol–water partition coefficient (Wildman–Crippen LogP) is 1.69. The number of carboxylic acids is 1. The maximum atomic E-state index is 10.9. The molecule has 1 aliphatic heterocycles. The fourth-order valence-electron chi connectivity index (χ4n) is 1.65. The molecule has 2 atom stereocenters. The fourth-order valence-corrected chi connectivity index (χ4v) is 1.65. The number of carboxylic acid groups (broad SMARTS) is 1. The summed E-state index contributed by atoms with van der Waals surface area (Å²) in [7, 11) is 0. The molecule has 1 heterocycles. The van der Waals surface area contributed by atoms with Crippen molar-refractivity contribution in [2.45, 2.75) is 26.4 Å². The Morgan fingerprint density at radius 3 is 2.23 bits per heavy atom. The minimum Gasteiger partial charge on any atom is -0.481 e. The first kappa shape index (κ1) is 10.3. The van der Waals surface area contributed by atoms with Crippen molar-refractivity contribution in [2.75, 3.05) is 6.61 Å². The summed E-state index contributed by atoms with van der Waals surface area (Å²) in [5, 5.41) is 8.96. The van der Waals surface area contributed by atoms with Gasteiger partial charge in [0.05, 0.1) is 6.61 Å². The molecule has 0 aromatic carbocycles. The molecule has 1 fully saturated rings. The minimum atomic E-state index is -0.859. The molecule has 1 saturated heterocycles. The molecule has 0 radical (unpaired) electrons. The van der Waals surface area contributed by atoms with Gasteiger partial charge in [0.25, 0.3) is 0 Å². The summed E-state index contributed by atoms with van der Waals surface area (Å²) in [5.41, 5.74) is -0.704. The third-order valence-electron chi connectivity index (χ3n) is 2.73. The van der Waals surface area contributed by atoms with E-state index in [1.54, 1.807) is 0 Å². The van der Waals surface area contributed by atoms with Gasteiger partial charge in [-0.05, 0) is 5.41 Å². The summed E-state index contributed by atoms with van der Waals surface area (Å²) < 4.78 is 5.32. The van der Waals surface area contributed by atoms with Crippen LogP contribution in [0, 0.1) is 11.3 Å². The predicted molar refractivity (Wildman–Crippen MR) is 49.5 cm³/mol.